The average molecular weight is 281 g/mol. The van der Waals surface area contributed by atoms with Gasteiger partial charge >= 0.3 is 0 Å². The van der Waals surface area contributed by atoms with E-state index < -0.39 is 0 Å². The Morgan fingerprint density at radius 1 is 1.19 bits per heavy atom. The number of nitrogens with zero attached hydrogens (tertiary/aromatic N) is 3. The highest BCUT2D eigenvalue weighted by Gasteiger charge is 2.30. The molecule has 108 valence electrons. The van der Waals surface area contributed by atoms with Crippen molar-refractivity contribution in [3.63, 3.8) is 0 Å². The molecule has 0 saturated carbocycles. The number of rotatable bonds is 1. The van der Waals surface area contributed by atoms with E-state index in [2.05, 4.69) is 33.8 Å². The van der Waals surface area contributed by atoms with Crippen molar-refractivity contribution in [2.75, 3.05) is 6.54 Å². The van der Waals surface area contributed by atoms with Crippen LogP contribution in [0.15, 0.2) is 36.7 Å². The molecule has 1 aromatic heterocycles. The fraction of sp³-hybridized carbons (Fsp3) is 0.412. The Balaban J connectivity index is 1.49. The van der Waals surface area contributed by atoms with Gasteiger partial charge < -0.3 is 9.47 Å². The molecule has 1 unspecified atom stereocenters. The first-order valence-corrected chi connectivity index (χ1v) is 7.67. The molecule has 0 N–H and O–H groups in total. The maximum absolute atomic E-state index is 12.8. The van der Waals surface area contributed by atoms with Gasteiger partial charge in [-0.25, -0.2) is 4.98 Å². The number of benzene rings is 1. The summed E-state index contributed by atoms with van der Waals surface area (Å²) >= 11 is 0. The highest BCUT2D eigenvalue weighted by Crippen LogP contribution is 2.25. The Kier molecular flexibility index (Phi) is 3.02. The molecular weight excluding hydrogens is 262 g/mol. The van der Waals surface area contributed by atoms with Crippen molar-refractivity contribution in [3.05, 3.63) is 53.6 Å². The fourth-order valence-corrected chi connectivity index (χ4v) is 3.50. The number of carbonyl (C=O) groups is 1. The van der Waals surface area contributed by atoms with E-state index >= 15 is 0 Å². The molecule has 2 aliphatic heterocycles. The van der Waals surface area contributed by atoms with Crippen molar-refractivity contribution in [2.45, 2.75) is 32.4 Å². The highest BCUT2D eigenvalue weighted by molar-refractivity contribution is 5.79. The van der Waals surface area contributed by atoms with E-state index in [1.165, 1.54) is 11.1 Å². The average Bonchev–Trinajstić information content (AvgIpc) is 3.01. The second-order valence-electron chi connectivity index (χ2n) is 6.01. The topological polar surface area (TPSA) is 38.1 Å². The van der Waals surface area contributed by atoms with Crippen LogP contribution >= 0.6 is 0 Å². The van der Waals surface area contributed by atoms with Crippen LogP contribution in [0.4, 0.5) is 0 Å². The van der Waals surface area contributed by atoms with E-state index in [4.69, 9.17) is 0 Å². The van der Waals surface area contributed by atoms with Gasteiger partial charge in [0.1, 0.15) is 5.82 Å². The predicted molar refractivity (Wildman–Crippen MR) is 79.6 cm³/mol. The van der Waals surface area contributed by atoms with Crippen molar-refractivity contribution in [1.82, 2.24) is 14.5 Å². The molecule has 4 heteroatoms. The normalized spacial score (nSPS) is 20.8. The third-order valence-corrected chi connectivity index (χ3v) is 4.74. The largest absolute Gasteiger partial charge is 0.338 e. The third-order valence-electron chi connectivity index (χ3n) is 4.74. The van der Waals surface area contributed by atoms with Gasteiger partial charge in [0.25, 0.3) is 0 Å². The molecule has 2 aromatic rings. The number of fused-ring (bicyclic) bond motifs is 2. The van der Waals surface area contributed by atoms with Gasteiger partial charge in [-0.1, -0.05) is 24.3 Å². The zero-order valence-corrected chi connectivity index (χ0v) is 12.0. The van der Waals surface area contributed by atoms with E-state index in [0.717, 1.165) is 44.7 Å². The standard InChI is InChI=1S/C17H19N3O/c21-17(14-6-8-19-10-7-18-16(19)11-14)20-9-5-13-3-1-2-4-15(13)12-20/h1-4,7,10,14H,5-6,8-9,11-12H2. The molecule has 0 bridgehead atoms. The zero-order valence-electron chi connectivity index (χ0n) is 12.0. The molecule has 1 aromatic carbocycles. The van der Waals surface area contributed by atoms with Gasteiger partial charge in [0.15, 0.2) is 0 Å². The second kappa shape index (κ2) is 5.02. The summed E-state index contributed by atoms with van der Waals surface area (Å²) in [5.41, 5.74) is 2.69. The minimum Gasteiger partial charge on any atom is -0.338 e. The summed E-state index contributed by atoms with van der Waals surface area (Å²) in [5.74, 6) is 1.46. The van der Waals surface area contributed by atoms with Crippen LogP contribution in [-0.4, -0.2) is 26.9 Å². The van der Waals surface area contributed by atoms with Crippen LogP contribution in [0, 0.1) is 5.92 Å². The fourth-order valence-electron chi connectivity index (χ4n) is 3.50. The summed E-state index contributed by atoms with van der Waals surface area (Å²) < 4.78 is 2.16. The first-order chi connectivity index (χ1) is 10.3. The van der Waals surface area contributed by atoms with Gasteiger partial charge in [-0.05, 0) is 24.0 Å². The highest BCUT2D eigenvalue weighted by atomic mass is 16.2. The Morgan fingerprint density at radius 3 is 2.95 bits per heavy atom. The second-order valence-corrected chi connectivity index (χ2v) is 6.01. The summed E-state index contributed by atoms with van der Waals surface area (Å²) in [6.07, 6.45) is 6.53. The molecule has 4 nitrogen and oxygen atoms in total. The molecule has 1 amide bonds. The lowest BCUT2D eigenvalue weighted by atomic mass is 9.93. The summed E-state index contributed by atoms with van der Waals surface area (Å²) in [5, 5.41) is 0. The molecule has 1 atom stereocenters. The van der Waals surface area contributed by atoms with Gasteiger partial charge in [-0.2, -0.15) is 0 Å². The molecule has 0 radical (unpaired) electrons. The minimum atomic E-state index is 0.102. The van der Waals surface area contributed by atoms with Gasteiger partial charge in [0, 0.05) is 44.4 Å². The van der Waals surface area contributed by atoms with Crippen LogP contribution in [0.3, 0.4) is 0 Å². The van der Waals surface area contributed by atoms with Crippen molar-refractivity contribution >= 4 is 5.91 Å². The predicted octanol–water partition coefficient (Wildman–Crippen LogP) is 2.03. The van der Waals surface area contributed by atoms with Crippen LogP contribution in [0.25, 0.3) is 0 Å². The quantitative estimate of drug-likeness (QED) is 0.802. The first kappa shape index (κ1) is 12.6. The zero-order chi connectivity index (χ0) is 14.2. The van der Waals surface area contributed by atoms with Gasteiger partial charge in [-0.3, -0.25) is 4.79 Å². The SMILES string of the molecule is O=C(C1CCn2ccnc2C1)N1CCc2ccccc2C1. The van der Waals surface area contributed by atoms with E-state index in [-0.39, 0.29) is 5.92 Å². The number of carbonyl (C=O) groups excluding carboxylic acids is 1. The number of aryl methyl sites for hydroxylation is 1. The van der Waals surface area contributed by atoms with E-state index in [1.54, 1.807) is 0 Å². The smallest absolute Gasteiger partial charge is 0.226 e. The Hall–Kier alpha value is -2.10. The van der Waals surface area contributed by atoms with Crippen molar-refractivity contribution in [3.8, 4) is 0 Å². The molecule has 0 saturated heterocycles. The summed E-state index contributed by atoms with van der Waals surface area (Å²) in [6, 6.07) is 8.46. The van der Waals surface area contributed by atoms with E-state index in [9.17, 15) is 4.79 Å². The Labute approximate surface area is 124 Å². The van der Waals surface area contributed by atoms with Crippen molar-refractivity contribution < 1.29 is 4.79 Å². The number of hydrogen-bond donors (Lipinski definition) is 0. The van der Waals surface area contributed by atoms with Gasteiger partial charge in [0.2, 0.25) is 5.91 Å². The van der Waals surface area contributed by atoms with Crippen LogP contribution in [0.5, 0.6) is 0 Å². The van der Waals surface area contributed by atoms with Crippen LogP contribution in [0.2, 0.25) is 0 Å². The summed E-state index contributed by atoms with van der Waals surface area (Å²) in [6.45, 7) is 2.52. The third kappa shape index (κ3) is 2.24. The molecule has 0 spiro atoms. The summed E-state index contributed by atoms with van der Waals surface area (Å²) in [4.78, 5) is 19.2. The lowest BCUT2D eigenvalue weighted by Gasteiger charge is -2.33. The Morgan fingerprint density at radius 2 is 2.05 bits per heavy atom. The van der Waals surface area contributed by atoms with Crippen molar-refractivity contribution in [1.29, 1.82) is 0 Å². The molecule has 21 heavy (non-hydrogen) atoms. The molecule has 3 heterocycles. The van der Waals surface area contributed by atoms with Crippen molar-refractivity contribution in [2.24, 2.45) is 5.92 Å². The molecule has 0 aliphatic carbocycles. The molecular formula is C17H19N3O. The number of hydrogen-bond acceptors (Lipinski definition) is 2. The minimum absolute atomic E-state index is 0.102. The van der Waals surface area contributed by atoms with Gasteiger partial charge in [0.05, 0.1) is 0 Å². The molecule has 0 fully saturated rings. The maximum atomic E-state index is 12.8. The van der Waals surface area contributed by atoms with Crippen LogP contribution in [-0.2, 0) is 30.7 Å². The molecule has 2 aliphatic rings. The lowest BCUT2D eigenvalue weighted by Crippen LogP contribution is -2.42. The summed E-state index contributed by atoms with van der Waals surface area (Å²) in [7, 11) is 0. The van der Waals surface area contributed by atoms with E-state index in [1.807, 2.05) is 17.3 Å². The maximum Gasteiger partial charge on any atom is 0.226 e. The van der Waals surface area contributed by atoms with E-state index in [0.29, 0.717) is 5.91 Å². The van der Waals surface area contributed by atoms with Crippen LogP contribution < -0.4 is 0 Å². The first-order valence-electron chi connectivity index (χ1n) is 7.67. The van der Waals surface area contributed by atoms with Gasteiger partial charge in [-0.15, -0.1) is 0 Å². The monoisotopic (exact) mass is 281 g/mol. The number of imidazole rings is 1. The lowest BCUT2D eigenvalue weighted by molar-refractivity contribution is -0.137. The number of aromatic nitrogens is 2. The van der Waals surface area contributed by atoms with Crippen LogP contribution in [0.1, 0.15) is 23.4 Å². The molecule has 4 rings (SSSR count). The number of amides is 1. The Bertz CT molecular complexity index is 676.